The standard InChI is InChI=1S/C15H16BrClN4/c1-3-12-14-15(20(2)19-12)21(13(8-17)18-14)9-10-5-4-6-11(16)7-10/h4-7H,3,8-9H2,1-2H3. The zero-order chi connectivity index (χ0) is 15.0. The van der Waals surface area contributed by atoms with Crippen LogP contribution in [0.25, 0.3) is 11.2 Å². The summed E-state index contributed by atoms with van der Waals surface area (Å²) in [6, 6.07) is 8.27. The molecule has 6 heteroatoms. The van der Waals surface area contributed by atoms with Gasteiger partial charge >= 0.3 is 0 Å². The number of rotatable bonds is 4. The van der Waals surface area contributed by atoms with Gasteiger partial charge in [0.2, 0.25) is 0 Å². The summed E-state index contributed by atoms with van der Waals surface area (Å²) < 4.78 is 5.12. The fraction of sp³-hybridized carbons (Fsp3) is 0.333. The molecule has 2 heterocycles. The van der Waals surface area contributed by atoms with Gasteiger partial charge in [-0.05, 0) is 24.1 Å². The van der Waals surface area contributed by atoms with Gasteiger partial charge in [0, 0.05) is 11.5 Å². The normalized spacial score (nSPS) is 11.4. The number of nitrogens with zero attached hydrogens (tertiary/aromatic N) is 4. The van der Waals surface area contributed by atoms with Gasteiger partial charge < -0.3 is 4.57 Å². The third-order valence-corrected chi connectivity index (χ3v) is 4.29. The molecule has 110 valence electrons. The van der Waals surface area contributed by atoms with E-state index in [1.165, 1.54) is 5.56 Å². The van der Waals surface area contributed by atoms with E-state index in [-0.39, 0.29) is 0 Å². The Morgan fingerprint density at radius 1 is 1.33 bits per heavy atom. The minimum atomic E-state index is 0.395. The minimum absolute atomic E-state index is 0.395. The fourth-order valence-corrected chi connectivity index (χ4v) is 3.26. The average molecular weight is 368 g/mol. The molecular weight excluding hydrogens is 352 g/mol. The molecule has 0 saturated carbocycles. The highest BCUT2D eigenvalue weighted by Gasteiger charge is 2.18. The molecule has 0 N–H and O–H groups in total. The Hall–Kier alpha value is -1.33. The van der Waals surface area contributed by atoms with E-state index in [0.717, 1.165) is 40.1 Å². The molecule has 0 saturated heterocycles. The van der Waals surface area contributed by atoms with E-state index in [4.69, 9.17) is 11.6 Å². The van der Waals surface area contributed by atoms with Crippen LogP contribution in [0.15, 0.2) is 28.7 Å². The van der Waals surface area contributed by atoms with Crippen molar-refractivity contribution in [2.24, 2.45) is 7.05 Å². The predicted molar refractivity (Wildman–Crippen MR) is 88.7 cm³/mol. The number of aryl methyl sites for hydroxylation is 2. The Kier molecular flexibility index (Phi) is 4.04. The predicted octanol–water partition coefficient (Wildman–Crippen LogP) is 3.88. The van der Waals surface area contributed by atoms with Gasteiger partial charge in [0.05, 0.1) is 18.1 Å². The van der Waals surface area contributed by atoms with Crippen LogP contribution in [0.1, 0.15) is 24.0 Å². The summed E-state index contributed by atoms with van der Waals surface area (Å²) in [5.74, 6) is 1.28. The summed E-state index contributed by atoms with van der Waals surface area (Å²) in [6.45, 7) is 2.83. The molecule has 3 rings (SSSR count). The number of fused-ring (bicyclic) bond motifs is 1. The van der Waals surface area contributed by atoms with E-state index >= 15 is 0 Å². The molecule has 0 bridgehead atoms. The third-order valence-electron chi connectivity index (χ3n) is 3.55. The maximum absolute atomic E-state index is 6.08. The summed E-state index contributed by atoms with van der Waals surface area (Å²) in [6.07, 6.45) is 0.868. The Bertz CT molecular complexity index is 790. The lowest BCUT2D eigenvalue weighted by atomic mass is 10.2. The summed E-state index contributed by atoms with van der Waals surface area (Å²) in [4.78, 5) is 4.68. The van der Waals surface area contributed by atoms with Gasteiger partial charge in [-0.15, -0.1) is 11.6 Å². The lowest BCUT2D eigenvalue weighted by Crippen LogP contribution is -2.07. The molecule has 21 heavy (non-hydrogen) atoms. The van der Waals surface area contributed by atoms with Crippen molar-refractivity contribution in [3.63, 3.8) is 0 Å². The third kappa shape index (κ3) is 2.60. The van der Waals surface area contributed by atoms with E-state index < -0.39 is 0 Å². The summed E-state index contributed by atoms with van der Waals surface area (Å²) in [5.41, 5.74) is 4.22. The SMILES string of the molecule is CCc1nn(C)c2c1nc(CCl)n2Cc1cccc(Br)c1. The van der Waals surface area contributed by atoms with Crippen LogP contribution >= 0.6 is 27.5 Å². The molecule has 0 unspecified atom stereocenters. The first-order valence-electron chi connectivity index (χ1n) is 6.85. The van der Waals surface area contributed by atoms with Crippen LogP contribution in [0.2, 0.25) is 0 Å². The van der Waals surface area contributed by atoms with Crippen molar-refractivity contribution in [1.29, 1.82) is 0 Å². The second kappa shape index (κ2) is 5.81. The number of imidazole rings is 1. The zero-order valence-electron chi connectivity index (χ0n) is 12.0. The molecule has 4 nitrogen and oxygen atoms in total. The van der Waals surface area contributed by atoms with Crippen LogP contribution in [0, 0.1) is 0 Å². The van der Waals surface area contributed by atoms with E-state index in [2.05, 4.69) is 49.6 Å². The highest BCUT2D eigenvalue weighted by atomic mass is 79.9. The second-order valence-electron chi connectivity index (χ2n) is 4.97. The van der Waals surface area contributed by atoms with Crippen molar-refractivity contribution in [1.82, 2.24) is 19.3 Å². The number of alkyl halides is 1. The molecule has 0 spiro atoms. The molecule has 0 fully saturated rings. The molecule has 1 aromatic carbocycles. The molecule has 0 radical (unpaired) electrons. The first kappa shape index (κ1) is 14.6. The molecule has 0 aliphatic rings. The highest BCUT2D eigenvalue weighted by molar-refractivity contribution is 9.10. The Morgan fingerprint density at radius 2 is 2.14 bits per heavy atom. The number of halogens is 2. The smallest absolute Gasteiger partial charge is 0.159 e. The van der Waals surface area contributed by atoms with Crippen molar-refractivity contribution in [2.45, 2.75) is 25.8 Å². The molecule has 0 atom stereocenters. The number of aromatic nitrogens is 4. The van der Waals surface area contributed by atoms with Crippen LogP contribution in [0.3, 0.4) is 0 Å². The van der Waals surface area contributed by atoms with Crippen LogP contribution in [-0.2, 0) is 25.9 Å². The van der Waals surface area contributed by atoms with Crippen molar-refractivity contribution in [3.05, 3.63) is 45.8 Å². The Morgan fingerprint density at radius 3 is 2.81 bits per heavy atom. The first-order chi connectivity index (χ1) is 10.1. The van der Waals surface area contributed by atoms with Crippen molar-refractivity contribution in [3.8, 4) is 0 Å². The van der Waals surface area contributed by atoms with Gasteiger partial charge in [0.15, 0.2) is 5.65 Å². The largest absolute Gasteiger partial charge is 0.307 e. The summed E-state index contributed by atoms with van der Waals surface area (Å²) in [7, 11) is 1.96. The Labute approximate surface area is 136 Å². The zero-order valence-corrected chi connectivity index (χ0v) is 14.3. The van der Waals surface area contributed by atoms with Gasteiger partial charge in [-0.25, -0.2) is 4.98 Å². The van der Waals surface area contributed by atoms with Crippen LogP contribution in [0.5, 0.6) is 0 Å². The molecule has 3 aromatic rings. The second-order valence-corrected chi connectivity index (χ2v) is 6.16. The Balaban J connectivity index is 2.14. The summed E-state index contributed by atoms with van der Waals surface area (Å²) in [5, 5.41) is 4.54. The van der Waals surface area contributed by atoms with Crippen molar-refractivity contribution < 1.29 is 0 Å². The van der Waals surface area contributed by atoms with Crippen LogP contribution in [-0.4, -0.2) is 19.3 Å². The molecule has 2 aromatic heterocycles. The van der Waals surface area contributed by atoms with E-state index in [0.29, 0.717) is 5.88 Å². The van der Waals surface area contributed by atoms with E-state index in [1.807, 2.05) is 23.9 Å². The molecule has 0 amide bonds. The van der Waals surface area contributed by atoms with Crippen LogP contribution in [0.4, 0.5) is 0 Å². The highest BCUT2D eigenvalue weighted by Crippen LogP contribution is 2.23. The van der Waals surface area contributed by atoms with Gasteiger partial charge in [-0.1, -0.05) is 35.0 Å². The molecular formula is C15H16BrClN4. The number of hydrogen-bond donors (Lipinski definition) is 0. The first-order valence-corrected chi connectivity index (χ1v) is 8.18. The maximum atomic E-state index is 6.08. The van der Waals surface area contributed by atoms with Gasteiger partial charge in [-0.3, -0.25) is 4.68 Å². The average Bonchev–Trinajstić information content (AvgIpc) is 2.97. The van der Waals surface area contributed by atoms with Gasteiger partial charge in [0.25, 0.3) is 0 Å². The topological polar surface area (TPSA) is 35.6 Å². The van der Waals surface area contributed by atoms with Gasteiger partial charge in [-0.2, -0.15) is 5.10 Å². The summed E-state index contributed by atoms with van der Waals surface area (Å²) >= 11 is 9.60. The van der Waals surface area contributed by atoms with Crippen LogP contribution < -0.4 is 0 Å². The molecule has 0 aliphatic heterocycles. The lowest BCUT2D eigenvalue weighted by Gasteiger charge is -2.08. The van der Waals surface area contributed by atoms with Crippen molar-refractivity contribution >= 4 is 38.7 Å². The minimum Gasteiger partial charge on any atom is -0.307 e. The van der Waals surface area contributed by atoms with E-state index in [9.17, 15) is 0 Å². The maximum Gasteiger partial charge on any atom is 0.159 e. The molecule has 0 aliphatic carbocycles. The van der Waals surface area contributed by atoms with Gasteiger partial charge in [0.1, 0.15) is 11.3 Å². The lowest BCUT2D eigenvalue weighted by molar-refractivity contribution is 0.697. The quantitative estimate of drug-likeness (QED) is 0.656. The number of benzene rings is 1. The van der Waals surface area contributed by atoms with E-state index in [1.54, 1.807) is 0 Å². The fourth-order valence-electron chi connectivity index (χ4n) is 2.61. The van der Waals surface area contributed by atoms with Crippen molar-refractivity contribution in [2.75, 3.05) is 0 Å². The number of hydrogen-bond acceptors (Lipinski definition) is 2. The monoisotopic (exact) mass is 366 g/mol.